The number of aliphatic hydroxyl groups excluding tert-OH is 1. The van der Waals surface area contributed by atoms with Gasteiger partial charge in [0.05, 0.1) is 12.1 Å². The van der Waals surface area contributed by atoms with Crippen LogP contribution in [0.25, 0.3) is 0 Å². The maximum absolute atomic E-state index is 13.1. The van der Waals surface area contributed by atoms with E-state index in [1.165, 1.54) is 18.2 Å². The molecule has 1 aliphatic heterocycles. The Kier molecular flexibility index (Phi) is 4.52. The number of halogens is 2. The van der Waals surface area contributed by atoms with Gasteiger partial charge in [-0.2, -0.15) is 10.1 Å². The normalized spacial score (nSPS) is 20.1. The number of aryl methyl sites for hydroxylation is 1. The van der Waals surface area contributed by atoms with Crippen LogP contribution in [0, 0.1) is 5.82 Å². The van der Waals surface area contributed by atoms with Crippen LogP contribution in [0.1, 0.15) is 36.4 Å². The number of β-amino-alcohol motifs (C(OH)–C–C–N with tert-alkyl or cyclic N) is 1. The molecule has 0 saturated carbocycles. The lowest BCUT2D eigenvalue weighted by Gasteiger charge is -2.25. The number of aromatic nitrogens is 3. The first-order valence-corrected chi connectivity index (χ1v) is 7.87. The van der Waals surface area contributed by atoms with Crippen LogP contribution in [-0.2, 0) is 7.05 Å². The van der Waals surface area contributed by atoms with Gasteiger partial charge >= 0.3 is 0 Å². The van der Waals surface area contributed by atoms with Crippen LogP contribution >= 0.6 is 11.6 Å². The highest BCUT2D eigenvalue weighted by Gasteiger charge is 2.31. The Morgan fingerprint density at radius 1 is 1.52 bits per heavy atom. The van der Waals surface area contributed by atoms with E-state index in [1.54, 1.807) is 11.7 Å². The van der Waals surface area contributed by atoms with E-state index in [0.29, 0.717) is 23.9 Å². The summed E-state index contributed by atoms with van der Waals surface area (Å²) in [6.07, 6.45) is 1.10. The SMILES string of the molecule is Cn1nc(C2CCCN2CC(O)c2ccc(F)cc2Cl)nc1N. The second kappa shape index (κ2) is 6.43. The van der Waals surface area contributed by atoms with Gasteiger partial charge in [0.1, 0.15) is 5.82 Å². The number of benzene rings is 1. The molecule has 1 aromatic heterocycles. The van der Waals surface area contributed by atoms with Gasteiger partial charge < -0.3 is 10.8 Å². The van der Waals surface area contributed by atoms with Gasteiger partial charge in [0.2, 0.25) is 5.95 Å². The molecular weight excluding hydrogens is 321 g/mol. The smallest absolute Gasteiger partial charge is 0.218 e. The molecule has 2 heterocycles. The molecule has 6 nitrogen and oxygen atoms in total. The molecule has 0 aliphatic carbocycles. The summed E-state index contributed by atoms with van der Waals surface area (Å²) in [5.41, 5.74) is 6.27. The number of aliphatic hydroxyl groups is 1. The average molecular weight is 340 g/mol. The number of anilines is 1. The molecule has 0 radical (unpaired) electrons. The Balaban J connectivity index is 1.75. The zero-order valence-corrected chi connectivity index (χ0v) is 13.5. The first-order chi connectivity index (χ1) is 11.0. The lowest BCUT2D eigenvalue weighted by atomic mass is 10.1. The summed E-state index contributed by atoms with van der Waals surface area (Å²) in [7, 11) is 1.75. The van der Waals surface area contributed by atoms with Gasteiger partial charge in [-0.15, -0.1) is 0 Å². The molecule has 23 heavy (non-hydrogen) atoms. The van der Waals surface area contributed by atoms with Crippen LogP contribution in [0.2, 0.25) is 5.02 Å². The first-order valence-electron chi connectivity index (χ1n) is 7.49. The third-order valence-electron chi connectivity index (χ3n) is 4.20. The third kappa shape index (κ3) is 3.31. The zero-order chi connectivity index (χ0) is 16.6. The molecule has 1 aliphatic rings. The van der Waals surface area contributed by atoms with Crippen LogP contribution in [-0.4, -0.2) is 37.9 Å². The monoisotopic (exact) mass is 339 g/mol. The molecule has 1 fully saturated rings. The number of nitrogens with zero attached hydrogens (tertiary/aromatic N) is 4. The van der Waals surface area contributed by atoms with E-state index < -0.39 is 11.9 Å². The topological polar surface area (TPSA) is 80.2 Å². The van der Waals surface area contributed by atoms with Gasteiger partial charge in [0, 0.05) is 24.2 Å². The van der Waals surface area contributed by atoms with Gasteiger partial charge in [-0.3, -0.25) is 4.90 Å². The van der Waals surface area contributed by atoms with Crippen LogP contribution in [0.5, 0.6) is 0 Å². The molecule has 124 valence electrons. The molecule has 2 atom stereocenters. The van der Waals surface area contributed by atoms with Crippen molar-refractivity contribution in [3.63, 3.8) is 0 Å². The van der Waals surface area contributed by atoms with Crippen molar-refractivity contribution in [3.8, 4) is 0 Å². The standard InChI is InChI=1S/C15H19ClFN5O/c1-21-15(18)19-14(20-21)12-3-2-6-22(12)8-13(23)10-5-4-9(17)7-11(10)16/h4-5,7,12-13,23H,2-3,6,8H2,1H3,(H2,18,19,20). The molecule has 1 saturated heterocycles. The summed E-state index contributed by atoms with van der Waals surface area (Å²) in [5.74, 6) is 0.618. The molecule has 3 rings (SSSR count). The largest absolute Gasteiger partial charge is 0.387 e. The molecule has 0 amide bonds. The van der Waals surface area contributed by atoms with Gasteiger partial charge in [-0.05, 0) is 31.5 Å². The Hall–Kier alpha value is -1.70. The molecule has 3 N–H and O–H groups in total. The lowest BCUT2D eigenvalue weighted by Crippen LogP contribution is -2.29. The maximum Gasteiger partial charge on any atom is 0.218 e. The molecule has 0 spiro atoms. The van der Waals surface area contributed by atoms with E-state index in [4.69, 9.17) is 17.3 Å². The van der Waals surface area contributed by atoms with E-state index in [2.05, 4.69) is 15.0 Å². The van der Waals surface area contributed by atoms with Gasteiger partial charge in [0.25, 0.3) is 0 Å². The summed E-state index contributed by atoms with van der Waals surface area (Å²) in [4.78, 5) is 6.39. The zero-order valence-electron chi connectivity index (χ0n) is 12.8. The molecule has 1 aromatic carbocycles. The molecule has 8 heteroatoms. The first kappa shape index (κ1) is 16.2. The highest BCUT2D eigenvalue weighted by Crippen LogP contribution is 2.33. The van der Waals surface area contributed by atoms with Crippen LogP contribution in [0.3, 0.4) is 0 Å². The minimum absolute atomic E-state index is 0.0207. The maximum atomic E-state index is 13.1. The number of hydrogen-bond donors (Lipinski definition) is 2. The van der Waals surface area contributed by atoms with Crippen LogP contribution in [0.15, 0.2) is 18.2 Å². The molecule has 2 aromatic rings. The van der Waals surface area contributed by atoms with E-state index in [9.17, 15) is 9.50 Å². The summed E-state index contributed by atoms with van der Waals surface area (Å²) < 4.78 is 14.7. The fraction of sp³-hybridized carbons (Fsp3) is 0.467. The summed E-state index contributed by atoms with van der Waals surface area (Å²) >= 11 is 6.02. The summed E-state index contributed by atoms with van der Waals surface area (Å²) in [5, 5.41) is 15.0. The molecular formula is C15H19ClFN5O. The minimum atomic E-state index is -0.801. The van der Waals surface area contributed by atoms with E-state index in [-0.39, 0.29) is 11.1 Å². The van der Waals surface area contributed by atoms with Gasteiger partial charge in [-0.25, -0.2) is 9.07 Å². The van der Waals surface area contributed by atoms with Gasteiger partial charge in [-0.1, -0.05) is 17.7 Å². The van der Waals surface area contributed by atoms with Gasteiger partial charge in [0.15, 0.2) is 5.82 Å². The lowest BCUT2D eigenvalue weighted by molar-refractivity contribution is 0.104. The Bertz CT molecular complexity index is 688. The Labute approximate surface area is 138 Å². The van der Waals surface area contributed by atoms with Crippen LogP contribution in [0.4, 0.5) is 10.3 Å². The second-order valence-electron chi connectivity index (χ2n) is 5.79. The summed E-state index contributed by atoms with van der Waals surface area (Å²) in [6, 6.07) is 4.05. The molecule has 0 bridgehead atoms. The van der Waals surface area contributed by atoms with Crippen molar-refractivity contribution in [2.45, 2.75) is 25.0 Å². The fourth-order valence-corrected chi connectivity index (χ4v) is 3.28. The highest BCUT2D eigenvalue weighted by molar-refractivity contribution is 6.31. The van der Waals surface area contributed by atoms with E-state index in [1.807, 2.05) is 0 Å². The second-order valence-corrected chi connectivity index (χ2v) is 6.19. The number of nitrogens with two attached hydrogens (primary N) is 1. The summed E-state index contributed by atoms with van der Waals surface area (Å²) in [6.45, 7) is 1.22. The number of hydrogen-bond acceptors (Lipinski definition) is 5. The average Bonchev–Trinajstić information content (AvgIpc) is 3.06. The van der Waals surface area contributed by atoms with Crippen molar-refractivity contribution in [1.29, 1.82) is 0 Å². The predicted molar refractivity (Wildman–Crippen MR) is 85.3 cm³/mol. The number of likely N-dealkylation sites (tertiary alicyclic amines) is 1. The Morgan fingerprint density at radius 2 is 2.30 bits per heavy atom. The van der Waals surface area contributed by atoms with Crippen LogP contribution < -0.4 is 5.73 Å². The minimum Gasteiger partial charge on any atom is -0.387 e. The molecule has 2 unspecified atom stereocenters. The highest BCUT2D eigenvalue weighted by atomic mass is 35.5. The fourth-order valence-electron chi connectivity index (χ4n) is 2.99. The Morgan fingerprint density at radius 3 is 2.96 bits per heavy atom. The van der Waals surface area contributed by atoms with Crippen molar-refractivity contribution >= 4 is 17.5 Å². The quantitative estimate of drug-likeness (QED) is 0.891. The van der Waals surface area contributed by atoms with Crippen molar-refractivity contribution in [1.82, 2.24) is 19.7 Å². The predicted octanol–water partition coefficient (Wildman–Crippen LogP) is 2.06. The van der Waals surface area contributed by atoms with Crippen molar-refractivity contribution in [2.24, 2.45) is 7.05 Å². The van der Waals surface area contributed by atoms with Crippen molar-refractivity contribution in [3.05, 3.63) is 40.4 Å². The third-order valence-corrected chi connectivity index (χ3v) is 4.53. The van der Waals surface area contributed by atoms with E-state index in [0.717, 1.165) is 19.4 Å². The van der Waals surface area contributed by atoms with E-state index >= 15 is 0 Å². The number of nitrogen functional groups attached to an aromatic ring is 1. The van der Waals surface area contributed by atoms with Crippen molar-refractivity contribution in [2.75, 3.05) is 18.8 Å². The van der Waals surface area contributed by atoms with Crippen molar-refractivity contribution < 1.29 is 9.50 Å². The number of rotatable bonds is 4.